The standard InChI is InChI=1S/C14H19Cl2N/c1-17-14(10-4-2-3-5-10)8-11-6-7-12(15)9-13(11)16/h6-7,9-10,14,17H,2-5,8H2,1H3. The molecule has 1 aromatic rings. The first-order valence-electron chi connectivity index (χ1n) is 6.32. The third kappa shape index (κ3) is 3.37. The number of hydrogen-bond donors (Lipinski definition) is 1. The van der Waals surface area contributed by atoms with Crippen molar-refractivity contribution in [3.8, 4) is 0 Å². The Labute approximate surface area is 114 Å². The smallest absolute Gasteiger partial charge is 0.0453 e. The average Bonchev–Trinajstić information content (AvgIpc) is 2.81. The highest BCUT2D eigenvalue weighted by molar-refractivity contribution is 6.35. The van der Waals surface area contributed by atoms with Gasteiger partial charge in [0.05, 0.1) is 0 Å². The molecule has 1 aliphatic carbocycles. The van der Waals surface area contributed by atoms with E-state index in [2.05, 4.69) is 5.32 Å². The number of halogens is 2. The van der Waals surface area contributed by atoms with E-state index in [0.717, 1.165) is 17.4 Å². The molecule has 1 aromatic carbocycles. The maximum Gasteiger partial charge on any atom is 0.0453 e. The molecule has 17 heavy (non-hydrogen) atoms. The third-order valence-corrected chi connectivity index (χ3v) is 4.38. The molecule has 0 aliphatic heterocycles. The molecule has 0 bridgehead atoms. The van der Waals surface area contributed by atoms with Gasteiger partial charge in [-0.05, 0) is 49.9 Å². The van der Waals surface area contributed by atoms with Crippen LogP contribution in [0.3, 0.4) is 0 Å². The zero-order valence-electron chi connectivity index (χ0n) is 10.2. The minimum atomic E-state index is 0.538. The van der Waals surface area contributed by atoms with E-state index in [1.807, 2.05) is 25.2 Å². The number of rotatable bonds is 4. The predicted octanol–water partition coefficient (Wildman–Crippen LogP) is 4.31. The van der Waals surface area contributed by atoms with E-state index in [1.54, 1.807) is 0 Å². The molecule has 0 aromatic heterocycles. The fraction of sp³-hybridized carbons (Fsp3) is 0.571. The lowest BCUT2D eigenvalue weighted by Crippen LogP contribution is -2.34. The Hall–Kier alpha value is -0.240. The lowest BCUT2D eigenvalue weighted by atomic mass is 9.92. The summed E-state index contributed by atoms with van der Waals surface area (Å²) < 4.78 is 0. The summed E-state index contributed by atoms with van der Waals surface area (Å²) in [6.45, 7) is 0. The zero-order valence-corrected chi connectivity index (χ0v) is 11.7. The van der Waals surface area contributed by atoms with Crippen LogP contribution in [-0.4, -0.2) is 13.1 Å². The molecular formula is C14H19Cl2N. The summed E-state index contributed by atoms with van der Waals surface area (Å²) in [4.78, 5) is 0. The Bertz CT molecular complexity index is 372. The van der Waals surface area contributed by atoms with E-state index in [-0.39, 0.29) is 0 Å². The minimum absolute atomic E-state index is 0.538. The van der Waals surface area contributed by atoms with Gasteiger partial charge in [0.25, 0.3) is 0 Å². The summed E-state index contributed by atoms with van der Waals surface area (Å²) in [5.74, 6) is 0.798. The van der Waals surface area contributed by atoms with Crippen molar-refractivity contribution in [1.29, 1.82) is 0 Å². The monoisotopic (exact) mass is 271 g/mol. The summed E-state index contributed by atoms with van der Waals surface area (Å²) in [7, 11) is 2.05. The van der Waals surface area contributed by atoms with E-state index in [4.69, 9.17) is 23.2 Å². The topological polar surface area (TPSA) is 12.0 Å². The van der Waals surface area contributed by atoms with Gasteiger partial charge in [-0.1, -0.05) is 42.1 Å². The molecule has 0 saturated heterocycles. The molecule has 1 aliphatic rings. The molecule has 1 saturated carbocycles. The van der Waals surface area contributed by atoms with Gasteiger partial charge in [-0.2, -0.15) is 0 Å². The summed E-state index contributed by atoms with van der Waals surface area (Å²) in [5, 5.41) is 4.94. The Morgan fingerprint density at radius 3 is 2.59 bits per heavy atom. The molecule has 94 valence electrons. The van der Waals surface area contributed by atoms with Crippen molar-refractivity contribution in [2.24, 2.45) is 5.92 Å². The second kappa shape index (κ2) is 6.08. The Morgan fingerprint density at radius 1 is 1.29 bits per heavy atom. The normalized spacial score (nSPS) is 18.5. The molecule has 1 atom stereocenters. The lowest BCUT2D eigenvalue weighted by molar-refractivity contribution is 0.377. The van der Waals surface area contributed by atoms with E-state index >= 15 is 0 Å². The van der Waals surface area contributed by atoms with Crippen molar-refractivity contribution in [2.45, 2.75) is 38.1 Å². The molecule has 0 radical (unpaired) electrons. The Balaban J connectivity index is 2.06. The van der Waals surface area contributed by atoms with Crippen LogP contribution in [0, 0.1) is 5.92 Å². The Kier molecular flexibility index (Phi) is 4.72. The summed E-state index contributed by atoms with van der Waals surface area (Å²) in [6.07, 6.45) is 6.43. The Morgan fingerprint density at radius 2 is 2.00 bits per heavy atom. The van der Waals surface area contributed by atoms with Crippen molar-refractivity contribution >= 4 is 23.2 Å². The maximum absolute atomic E-state index is 6.23. The van der Waals surface area contributed by atoms with Crippen LogP contribution >= 0.6 is 23.2 Å². The van der Waals surface area contributed by atoms with Gasteiger partial charge in [-0.25, -0.2) is 0 Å². The van der Waals surface area contributed by atoms with Crippen molar-refractivity contribution in [2.75, 3.05) is 7.05 Å². The van der Waals surface area contributed by atoms with Gasteiger partial charge in [0, 0.05) is 16.1 Å². The van der Waals surface area contributed by atoms with Gasteiger partial charge in [0.1, 0.15) is 0 Å². The fourth-order valence-electron chi connectivity index (χ4n) is 2.79. The highest BCUT2D eigenvalue weighted by atomic mass is 35.5. The van der Waals surface area contributed by atoms with Crippen LogP contribution < -0.4 is 5.32 Å². The number of nitrogens with one attached hydrogen (secondary N) is 1. The largest absolute Gasteiger partial charge is 0.316 e. The average molecular weight is 272 g/mol. The van der Waals surface area contributed by atoms with Crippen LogP contribution in [0.15, 0.2) is 18.2 Å². The van der Waals surface area contributed by atoms with Gasteiger partial charge >= 0.3 is 0 Å². The van der Waals surface area contributed by atoms with Crippen LogP contribution in [0.4, 0.5) is 0 Å². The van der Waals surface area contributed by atoms with Gasteiger partial charge in [0.2, 0.25) is 0 Å². The van der Waals surface area contributed by atoms with Crippen LogP contribution in [0.2, 0.25) is 10.0 Å². The first-order valence-corrected chi connectivity index (χ1v) is 7.07. The molecular weight excluding hydrogens is 253 g/mol. The molecule has 0 spiro atoms. The summed E-state index contributed by atoms with van der Waals surface area (Å²) >= 11 is 12.1. The quantitative estimate of drug-likeness (QED) is 0.861. The lowest BCUT2D eigenvalue weighted by Gasteiger charge is -2.23. The van der Waals surface area contributed by atoms with Crippen molar-refractivity contribution in [1.82, 2.24) is 5.32 Å². The van der Waals surface area contributed by atoms with Gasteiger partial charge in [-0.3, -0.25) is 0 Å². The summed E-state index contributed by atoms with van der Waals surface area (Å²) in [5.41, 5.74) is 1.20. The fourth-order valence-corrected chi connectivity index (χ4v) is 3.27. The van der Waals surface area contributed by atoms with Crippen LogP contribution in [-0.2, 0) is 6.42 Å². The number of likely N-dealkylation sites (N-methyl/N-ethyl adjacent to an activating group) is 1. The minimum Gasteiger partial charge on any atom is -0.316 e. The second-order valence-electron chi connectivity index (χ2n) is 4.88. The maximum atomic E-state index is 6.23. The molecule has 2 rings (SSSR count). The molecule has 3 heteroatoms. The molecule has 0 amide bonds. The van der Waals surface area contributed by atoms with E-state index in [0.29, 0.717) is 11.1 Å². The summed E-state index contributed by atoms with van der Waals surface area (Å²) in [6, 6.07) is 6.34. The van der Waals surface area contributed by atoms with Crippen LogP contribution in [0.5, 0.6) is 0 Å². The molecule has 1 fully saturated rings. The van der Waals surface area contributed by atoms with Gasteiger partial charge in [0.15, 0.2) is 0 Å². The van der Waals surface area contributed by atoms with E-state index in [1.165, 1.54) is 31.2 Å². The van der Waals surface area contributed by atoms with Gasteiger partial charge in [-0.15, -0.1) is 0 Å². The van der Waals surface area contributed by atoms with Gasteiger partial charge < -0.3 is 5.32 Å². The van der Waals surface area contributed by atoms with Crippen molar-refractivity contribution < 1.29 is 0 Å². The molecule has 1 N–H and O–H groups in total. The second-order valence-corrected chi connectivity index (χ2v) is 5.72. The molecule has 0 heterocycles. The van der Waals surface area contributed by atoms with Crippen LogP contribution in [0.1, 0.15) is 31.2 Å². The first kappa shape index (κ1) is 13.2. The van der Waals surface area contributed by atoms with Crippen LogP contribution in [0.25, 0.3) is 0 Å². The van der Waals surface area contributed by atoms with E-state index in [9.17, 15) is 0 Å². The number of hydrogen-bond acceptors (Lipinski definition) is 1. The molecule has 1 nitrogen and oxygen atoms in total. The third-order valence-electron chi connectivity index (χ3n) is 3.79. The SMILES string of the molecule is CNC(Cc1ccc(Cl)cc1Cl)C1CCCC1. The van der Waals surface area contributed by atoms with Crippen molar-refractivity contribution in [3.05, 3.63) is 33.8 Å². The molecule has 1 unspecified atom stereocenters. The highest BCUT2D eigenvalue weighted by Gasteiger charge is 2.24. The van der Waals surface area contributed by atoms with E-state index < -0.39 is 0 Å². The first-order chi connectivity index (χ1) is 8.20. The predicted molar refractivity (Wildman–Crippen MR) is 75.0 cm³/mol. The number of benzene rings is 1. The highest BCUT2D eigenvalue weighted by Crippen LogP contribution is 2.30. The zero-order chi connectivity index (χ0) is 12.3. The van der Waals surface area contributed by atoms with Crippen molar-refractivity contribution in [3.63, 3.8) is 0 Å².